The average Bonchev–Trinajstić information content (AvgIpc) is 2.59. The van der Waals surface area contributed by atoms with Crippen molar-refractivity contribution in [3.8, 4) is 5.75 Å². The third kappa shape index (κ3) is 2.06. The molecule has 3 nitrogen and oxygen atoms in total. The van der Waals surface area contributed by atoms with Crippen LogP contribution in [0, 0.1) is 6.92 Å². The summed E-state index contributed by atoms with van der Waals surface area (Å²) in [5, 5.41) is 9.92. The van der Waals surface area contributed by atoms with Gasteiger partial charge >= 0.3 is 0 Å². The van der Waals surface area contributed by atoms with E-state index in [4.69, 9.17) is 10.5 Å². The number of benzene rings is 1. The smallest absolute Gasteiger partial charge is 0.125 e. The Hall–Kier alpha value is -1.06. The number of hydrogen-bond donors (Lipinski definition) is 2. The normalized spacial score (nSPS) is 20.4. The number of fused-ring (bicyclic) bond motifs is 1. The fourth-order valence-electron chi connectivity index (χ4n) is 2.27. The molecule has 88 valence electrons. The Kier molecular flexibility index (Phi) is 3.17. The largest absolute Gasteiger partial charge is 0.490 e. The molecule has 1 aliphatic rings. The van der Waals surface area contributed by atoms with E-state index in [1.165, 1.54) is 5.56 Å². The molecule has 0 saturated heterocycles. The van der Waals surface area contributed by atoms with Crippen LogP contribution in [0.15, 0.2) is 12.1 Å². The first-order chi connectivity index (χ1) is 7.61. The van der Waals surface area contributed by atoms with E-state index in [2.05, 4.69) is 6.92 Å². The van der Waals surface area contributed by atoms with Crippen LogP contribution < -0.4 is 10.5 Å². The first-order valence-corrected chi connectivity index (χ1v) is 5.80. The molecule has 0 bridgehead atoms. The zero-order chi connectivity index (χ0) is 11.7. The highest BCUT2D eigenvalue weighted by atomic mass is 16.5. The second-order valence-corrected chi connectivity index (χ2v) is 4.55. The van der Waals surface area contributed by atoms with Crippen molar-refractivity contribution in [1.29, 1.82) is 0 Å². The lowest BCUT2D eigenvalue weighted by Crippen LogP contribution is -2.07. The van der Waals surface area contributed by atoms with Crippen LogP contribution in [0.1, 0.15) is 36.1 Å². The molecule has 0 amide bonds. The molecular formula is C13H19NO2. The minimum atomic E-state index is -0.454. The minimum absolute atomic E-state index is 0.246. The molecule has 0 aliphatic carbocycles. The van der Waals surface area contributed by atoms with E-state index in [0.29, 0.717) is 13.0 Å². The molecule has 0 fully saturated rings. The molecule has 0 radical (unpaired) electrons. The molecule has 3 heteroatoms. The van der Waals surface area contributed by atoms with Crippen LogP contribution in [0.4, 0.5) is 0 Å². The molecule has 1 aromatic carbocycles. The maximum absolute atomic E-state index is 9.92. The second kappa shape index (κ2) is 4.44. The Morgan fingerprint density at radius 2 is 2.31 bits per heavy atom. The minimum Gasteiger partial charge on any atom is -0.490 e. The van der Waals surface area contributed by atoms with Crippen molar-refractivity contribution in [2.45, 2.75) is 38.9 Å². The first kappa shape index (κ1) is 11.4. The van der Waals surface area contributed by atoms with Gasteiger partial charge in [0.15, 0.2) is 0 Å². The summed E-state index contributed by atoms with van der Waals surface area (Å²) in [6, 6.07) is 4.04. The van der Waals surface area contributed by atoms with E-state index >= 15 is 0 Å². The van der Waals surface area contributed by atoms with Crippen LogP contribution in [0.3, 0.4) is 0 Å². The number of aryl methyl sites for hydroxylation is 1. The standard InChI is InChI=1S/C13H19NO2/c1-8-5-10(12(15)3-4-14)7-11-6-9(2)16-13(8)11/h5,7,9,12,15H,3-4,6,14H2,1-2H3. The molecule has 16 heavy (non-hydrogen) atoms. The number of ether oxygens (including phenoxy) is 1. The number of rotatable bonds is 3. The molecule has 0 aromatic heterocycles. The van der Waals surface area contributed by atoms with Crippen molar-refractivity contribution in [3.05, 3.63) is 28.8 Å². The molecule has 2 unspecified atom stereocenters. The number of aliphatic hydroxyl groups is 1. The molecule has 2 atom stereocenters. The molecule has 3 N–H and O–H groups in total. The number of nitrogens with two attached hydrogens (primary N) is 1. The Labute approximate surface area is 96.2 Å². The predicted molar refractivity (Wildman–Crippen MR) is 63.6 cm³/mol. The topological polar surface area (TPSA) is 55.5 Å². The van der Waals surface area contributed by atoms with Gasteiger partial charge in [0, 0.05) is 6.42 Å². The van der Waals surface area contributed by atoms with Gasteiger partial charge in [-0.15, -0.1) is 0 Å². The van der Waals surface area contributed by atoms with E-state index < -0.39 is 6.10 Å². The Bertz CT molecular complexity index is 390. The van der Waals surface area contributed by atoms with Gasteiger partial charge in [0.1, 0.15) is 11.9 Å². The van der Waals surface area contributed by atoms with E-state index in [-0.39, 0.29) is 6.10 Å². The van der Waals surface area contributed by atoms with Crippen LogP contribution in [0.5, 0.6) is 5.75 Å². The molecule has 2 rings (SSSR count). The Morgan fingerprint density at radius 1 is 1.56 bits per heavy atom. The van der Waals surface area contributed by atoms with Gasteiger partial charge < -0.3 is 15.6 Å². The highest BCUT2D eigenvalue weighted by Gasteiger charge is 2.22. The lowest BCUT2D eigenvalue weighted by molar-refractivity contribution is 0.170. The molecule has 1 aliphatic heterocycles. The van der Waals surface area contributed by atoms with Crippen molar-refractivity contribution in [2.75, 3.05) is 6.54 Å². The maximum atomic E-state index is 9.92. The summed E-state index contributed by atoms with van der Waals surface area (Å²) in [7, 11) is 0. The Morgan fingerprint density at radius 3 is 3.00 bits per heavy atom. The van der Waals surface area contributed by atoms with Gasteiger partial charge in [-0.2, -0.15) is 0 Å². The van der Waals surface area contributed by atoms with Gasteiger partial charge in [0.25, 0.3) is 0 Å². The van der Waals surface area contributed by atoms with Crippen LogP contribution in [-0.4, -0.2) is 17.8 Å². The van der Waals surface area contributed by atoms with Crippen LogP contribution in [-0.2, 0) is 6.42 Å². The van der Waals surface area contributed by atoms with E-state index in [9.17, 15) is 5.11 Å². The highest BCUT2D eigenvalue weighted by molar-refractivity contribution is 5.47. The van der Waals surface area contributed by atoms with Gasteiger partial charge in [-0.05, 0) is 55.6 Å². The summed E-state index contributed by atoms with van der Waals surface area (Å²) in [5.41, 5.74) is 8.72. The van der Waals surface area contributed by atoms with Crippen molar-refractivity contribution in [3.63, 3.8) is 0 Å². The van der Waals surface area contributed by atoms with Crippen LogP contribution >= 0.6 is 0 Å². The second-order valence-electron chi connectivity index (χ2n) is 4.55. The summed E-state index contributed by atoms with van der Waals surface area (Å²) < 4.78 is 5.73. The third-order valence-corrected chi connectivity index (χ3v) is 3.03. The SMILES string of the molecule is Cc1cc(C(O)CCN)cc2c1OC(C)C2. The summed E-state index contributed by atoms with van der Waals surface area (Å²) >= 11 is 0. The molecular weight excluding hydrogens is 202 g/mol. The Balaban J connectivity index is 2.31. The quantitative estimate of drug-likeness (QED) is 0.816. The summed E-state index contributed by atoms with van der Waals surface area (Å²) in [6.07, 6.45) is 1.33. The number of aliphatic hydroxyl groups excluding tert-OH is 1. The van der Waals surface area contributed by atoms with E-state index in [0.717, 1.165) is 23.3 Å². The first-order valence-electron chi connectivity index (χ1n) is 5.80. The lowest BCUT2D eigenvalue weighted by atomic mass is 9.98. The highest BCUT2D eigenvalue weighted by Crippen LogP contribution is 2.35. The maximum Gasteiger partial charge on any atom is 0.125 e. The van der Waals surface area contributed by atoms with Crippen molar-refractivity contribution < 1.29 is 9.84 Å². The van der Waals surface area contributed by atoms with E-state index in [1.54, 1.807) is 0 Å². The monoisotopic (exact) mass is 221 g/mol. The van der Waals surface area contributed by atoms with Crippen molar-refractivity contribution >= 4 is 0 Å². The van der Waals surface area contributed by atoms with Gasteiger partial charge in [0.05, 0.1) is 6.10 Å². The molecule has 0 saturated carbocycles. The third-order valence-electron chi connectivity index (χ3n) is 3.03. The fraction of sp³-hybridized carbons (Fsp3) is 0.538. The fourth-order valence-corrected chi connectivity index (χ4v) is 2.27. The van der Waals surface area contributed by atoms with E-state index in [1.807, 2.05) is 19.1 Å². The number of hydrogen-bond acceptors (Lipinski definition) is 3. The predicted octanol–water partition coefficient (Wildman–Crippen LogP) is 1.70. The zero-order valence-corrected chi connectivity index (χ0v) is 9.86. The van der Waals surface area contributed by atoms with Crippen molar-refractivity contribution in [1.82, 2.24) is 0 Å². The van der Waals surface area contributed by atoms with Gasteiger partial charge in [0.2, 0.25) is 0 Å². The summed E-state index contributed by atoms with van der Waals surface area (Å²) in [5.74, 6) is 0.996. The van der Waals surface area contributed by atoms with Crippen LogP contribution in [0.2, 0.25) is 0 Å². The summed E-state index contributed by atoms with van der Waals surface area (Å²) in [6.45, 7) is 4.59. The van der Waals surface area contributed by atoms with Gasteiger partial charge in [-0.3, -0.25) is 0 Å². The molecule has 1 heterocycles. The molecule has 1 aromatic rings. The zero-order valence-electron chi connectivity index (χ0n) is 9.86. The lowest BCUT2D eigenvalue weighted by Gasteiger charge is -2.13. The van der Waals surface area contributed by atoms with Gasteiger partial charge in [-0.1, -0.05) is 0 Å². The molecule has 0 spiro atoms. The average molecular weight is 221 g/mol. The summed E-state index contributed by atoms with van der Waals surface area (Å²) in [4.78, 5) is 0. The van der Waals surface area contributed by atoms with Crippen LogP contribution in [0.25, 0.3) is 0 Å². The van der Waals surface area contributed by atoms with Crippen molar-refractivity contribution in [2.24, 2.45) is 5.73 Å². The van der Waals surface area contributed by atoms with Gasteiger partial charge in [-0.25, -0.2) is 0 Å².